The summed E-state index contributed by atoms with van der Waals surface area (Å²) in [5.74, 6) is 0. The van der Waals surface area contributed by atoms with E-state index >= 15 is 0 Å². The summed E-state index contributed by atoms with van der Waals surface area (Å²) in [5, 5.41) is 8.02. The molecular weight excluding hydrogens is 458 g/mol. The van der Waals surface area contributed by atoms with Crippen molar-refractivity contribution in [3.05, 3.63) is 70.7 Å². The Hall–Kier alpha value is -0.426. The first-order valence-corrected chi connectivity index (χ1v) is 19.3. The smallest absolute Gasteiger partial charge is 0.0524 e. The van der Waals surface area contributed by atoms with Gasteiger partial charge in [0.15, 0.2) is 0 Å². The third-order valence-electron chi connectivity index (χ3n) is 2.17. The Bertz CT molecular complexity index is 484. The molecular formula is C20H37N3Si3Zr-4. The zero-order valence-electron chi connectivity index (χ0n) is 18.6. The largest absolute Gasteiger partial charge is 0.668 e. The van der Waals surface area contributed by atoms with Crippen molar-refractivity contribution in [3.63, 3.8) is 0 Å². The minimum Gasteiger partial charge on any atom is -0.668 e. The maximum absolute atomic E-state index is 8.02. The molecule has 0 fully saturated rings. The summed E-state index contributed by atoms with van der Waals surface area (Å²) in [5.41, 5.74) is 0. The van der Waals surface area contributed by atoms with Crippen LogP contribution >= 0.6 is 0 Å². The molecule has 0 unspecified atom stereocenters. The predicted molar refractivity (Wildman–Crippen MR) is 128 cm³/mol. The Morgan fingerprint density at radius 3 is 1.04 bits per heavy atom. The van der Waals surface area contributed by atoms with E-state index in [1.54, 1.807) is 6.01 Å². The predicted octanol–water partition coefficient (Wildman–Crippen LogP) is 7.40. The number of hydrogen-bond donors (Lipinski definition) is 0. The van der Waals surface area contributed by atoms with E-state index in [9.17, 15) is 0 Å². The Labute approximate surface area is 190 Å². The van der Waals surface area contributed by atoms with E-state index < -0.39 is 24.7 Å². The number of nitrogens with zero attached hydrogens (tertiary/aromatic N) is 3. The van der Waals surface area contributed by atoms with Crippen LogP contribution in [0.3, 0.4) is 0 Å². The first-order valence-electron chi connectivity index (χ1n) is 8.95. The van der Waals surface area contributed by atoms with Crippen LogP contribution in [-0.2, 0) is 26.2 Å². The fourth-order valence-electron chi connectivity index (χ4n) is 1.80. The summed E-state index contributed by atoms with van der Waals surface area (Å²) in [6.45, 7) is 19.9. The van der Waals surface area contributed by atoms with Gasteiger partial charge in [-0.1, -0.05) is 75.4 Å². The molecule has 0 spiro atoms. The van der Waals surface area contributed by atoms with Gasteiger partial charge in [-0.3, -0.25) is 0 Å². The van der Waals surface area contributed by atoms with Crippen molar-refractivity contribution < 1.29 is 26.2 Å². The number of hydrogen-bond acceptors (Lipinski definition) is 1. The average molecular weight is 495 g/mol. The van der Waals surface area contributed by atoms with Crippen molar-refractivity contribution in [2.75, 3.05) is 0 Å². The molecule has 0 amide bonds. The molecule has 0 aliphatic rings. The van der Waals surface area contributed by atoms with Crippen LogP contribution in [0.1, 0.15) is 0 Å². The van der Waals surface area contributed by atoms with E-state index in [0.29, 0.717) is 0 Å². The summed E-state index contributed by atoms with van der Waals surface area (Å²) < 4.78 is 8.52. The van der Waals surface area contributed by atoms with Gasteiger partial charge in [0.25, 0.3) is 0 Å². The topological polar surface area (TPSA) is 48.8 Å². The second-order valence-electron chi connectivity index (χ2n) is 8.76. The molecule has 0 saturated heterocycles. The van der Waals surface area contributed by atoms with Gasteiger partial charge in [-0.2, -0.15) is 42.4 Å². The average Bonchev–Trinajstić information content (AvgIpc) is 3.14. The van der Waals surface area contributed by atoms with Crippen molar-refractivity contribution in [1.82, 2.24) is 0 Å². The van der Waals surface area contributed by atoms with Crippen molar-refractivity contribution in [3.8, 4) is 0 Å². The second-order valence-corrected chi connectivity index (χ2v) is 22.9. The van der Waals surface area contributed by atoms with Gasteiger partial charge in [0.2, 0.25) is 0 Å². The number of rotatable bonds is 3. The van der Waals surface area contributed by atoms with E-state index in [1.807, 2.05) is 80.3 Å². The molecule has 0 saturated carbocycles. The van der Waals surface area contributed by atoms with Gasteiger partial charge in [-0.25, -0.2) is 24.3 Å². The Morgan fingerprint density at radius 1 is 0.704 bits per heavy atom. The molecule has 152 valence electrons. The molecule has 0 heterocycles. The van der Waals surface area contributed by atoms with E-state index in [4.69, 9.17) is 10.1 Å². The van der Waals surface area contributed by atoms with Crippen molar-refractivity contribution in [2.24, 2.45) is 4.66 Å². The van der Waals surface area contributed by atoms with Crippen LogP contribution in [0, 0.1) is 0 Å². The van der Waals surface area contributed by atoms with Gasteiger partial charge >= 0.3 is 0 Å². The van der Waals surface area contributed by atoms with Crippen LogP contribution < -0.4 is 0 Å². The Balaban J connectivity index is -0.000000288. The molecule has 0 aromatic heterocycles. The van der Waals surface area contributed by atoms with Crippen LogP contribution in [0.2, 0.25) is 58.9 Å². The molecule has 27 heavy (non-hydrogen) atoms. The molecule has 3 nitrogen and oxygen atoms in total. The molecule has 2 rings (SSSR count). The first-order chi connectivity index (χ1) is 11.8. The standard InChI is InChI=1S/C6H18NSi2.2C5H5.C4H9N2Si.Zr/c1-8(2,3)7-9(4,5)6;2*1-2-4-5-3-1;1-7(2,3)6-4-5;/h1-6H3;2*1-5H;1-3H3;/q4*-1;. The molecule has 0 aliphatic carbocycles. The molecule has 0 atom stereocenters. The maximum atomic E-state index is 8.02. The zero-order chi connectivity index (χ0) is 20.7. The zero-order valence-corrected chi connectivity index (χ0v) is 24.1. The first kappa shape index (κ1) is 31.3. The van der Waals surface area contributed by atoms with Crippen molar-refractivity contribution in [2.45, 2.75) is 58.9 Å². The minimum atomic E-state index is -1.39. The van der Waals surface area contributed by atoms with Gasteiger partial charge in [0.1, 0.15) is 0 Å². The molecule has 2 aromatic rings. The summed E-state index contributed by atoms with van der Waals surface area (Å²) in [6, 6.07) is 21.8. The SMILES string of the molecule is C[Si](C)(C)N=C=[N-].C[Si](C)(C)[N-][Si](C)(C)C.[Zr].c1cc[cH-]c1.c1cc[cH-]c1. The summed E-state index contributed by atoms with van der Waals surface area (Å²) in [4.78, 5) is 0. The summed E-state index contributed by atoms with van der Waals surface area (Å²) >= 11 is 0. The van der Waals surface area contributed by atoms with Crippen molar-refractivity contribution >= 4 is 30.7 Å². The van der Waals surface area contributed by atoms with E-state index in [1.165, 1.54) is 0 Å². The third-order valence-corrected chi connectivity index (χ3v) is 8.30. The normalized spacial score (nSPS) is 10.3. The maximum Gasteiger partial charge on any atom is 0.0524 e. The molecule has 0 aliphatic heterocycles. The summed E-state index contributed by atoms with van der Waals surface area (Å²) in [7, 11) is -3.61. The van der Waals surface area contributed by atoms with Gasteiger partial charge in [-0.15, -0.1) is 0 Å². The summed E-state index contributed by atoms with van der Waals surface area (Å²) in [6.07, 6.45) is 0. The van der Waals surface area contributed by atoms with Gasteiger partial charge < -0.3 is 14.7 Å². The van der Waals surface area contributed by atoms with Gasteiger partial charge in [0, 0.05) is 26.2 Å². The molecule has 0 radical (unpaired) electrons. The van der Waals surface area contributed by atoms with Gasteiger partial charge in [-0.05, 0) is 0 Å². The Morgan fingerprint density at radius 2 is 1.00 bits per heavy atom. The van der Waals surface area contributed by atoms with Crippen LogP contribution in [0.15, 0.2) is 65.3 Å². The minimum absolute atomic E-state index is 0. The molecule has 0 N–H and O–H groups in total. The molecule has 7 heteroatoms. The monoisotopic (exact) mass is 493 g/mol. The van der Waals surface area contributed by atoms with E-state index in [0.717, 1.165) is 0 Å². The second kappa shape index (κ2) is 16.5. The van der Waals surface area contributed by atoms with Crippen LogP contribution in [0.4, 0.5) is 0 Å². The molecule has 2 aromatic carbocycles. The van der Waals surface area contributed by atoms with E-state index in [2.05, 4.69) is 43.9 Å². The van der Waals surface area contributed by atoms with Crippen LogP contribution in [0.5, 0.6) is 0 Å². The fourth-order valence-corrected chi connectivity index (χ4v) is 10.1. The molecule has 0 bridgehead atoms. The quantitative estimate of drug-likeness (QED) is 0.242. The van der Waals surface area contributed by atoms with Gasteiger partial charge in [0.05, 0.1) is 8.24 Å². The fraction of sp³-hybridized carbons (Fsp3) is 0.450. The Kier molecular flexibility index (Phi) is 19.1. The van der Waals surface area contributed by atoms with E-state index in [-0.39, 0.29) is 26.2 Å². The van der Waals surface area contributed by atoms with Crippen LogP contribution in [-0.4, -0.2) is 30.7 Å². The van der Waals surface area contributed by atoms with Crippen molar-refractivity contribution in [1.29, 1.82) is 0 Å². The van der Waals surface area contributed by atoms with Crippen LogP contribution in [0.25, 0.3) is 10.1 Å². The third kappa shape index (κ3) is 37.1.